The van der Waals surface area contributed by atoms with Crippen LogP contribution in [0.25, 0.3) is 32.9 Å². The van der Waals surface area contributed by atoms with Gasteiger partial charge in [-0.05, 0) is 47.5 Å². The Morgan fingerprint density at radius 3 is 2.37 bits per heavy atom. The first-order valence-corrected chi connectivity index (χ1v) is 11.4. The van der Waals surface area contributed by atoms with Gasteiger partial charge in [0, 0.05) is 38.5 Å². The maximum Gasteiger partial charge on any atom is 0.416 e. The number of nitrogens with two attached hydrogens (primary N) is 1. The molecule has 8 heteroatoms. The summed E-state index contributed by atoms with van der Waals surface area (Å²) >= 11 is 12.5. The lowest BCUT2D eigenvalue weighted by molar-refractivity contribution is -0.138. The van der Waals surface area contributed by atoms with E-state index >= 15 is 0 Å². The molecule has 176 valence electrons. The molecule has 0 fully saturated rings. The molecule has 1 heterocycles. The van der Waals surface area contributed by atoms with E-state index in [2.05, 4.69) is 0 Å². The van der Waals surface area contributed by atoms with Crippen LogP contribution in [-0.4, -0.2) is 10.5 Å². The van der Waals surface area contributed by atoms with Gasteiger partial charge in [0.1, 0.15) is 0 Å². The number of rotatable bonds is 4. The van der Waals surface area contributed by atoms with Gasteiger partial charge in [0.05, 0.1) is 16.6 Å². The number of fused-ring (bicyclic) bond motifs is 3. The summed E-state index contributed by atoms with van der Waals surface area (Å²) < 4.78 is 43.0. The Labute approximate surface area is 208 Å². The largest absolute Gasteiger partial charge is 0.416 e. The minimum atomic E-state index is -4.50. The van der Waals surface area contributed by atoms with E-state index in [9.17, 15) is 18.0 Å². The van der Waals surface area contributed by atoms with Gasteiger partial charge in [-0.2, -0.15) is 13.2 Å². The summed E-state index contributed by atoms with van der Waals surface area (Å²) in [6.45, 7) is -0.0598. The molecule has 0 radical (unpaired) electrons. The van der Waals surface area contributed by atoms with Crippen LogP contribution in [0, 0.1) is 0 Å². The van der Waals surface area contributed by atoms with Crippen molar-refractivity contribution in [3.63, 3.8) is 0 Å². The maximum absolute atomic E-state index is 13.7. The quantitative estimate of drug-likeness (QED) is 0.261. The second kappa shape index (κ2) is 8.63. The van der Waals surface area contributed by atoms with Gasteiger partial charge in [0.15, 0.2) is 0 Å². The number of halogens is 5. The fourth-order valence-corrected chi connectivity index (χ4v) is 5.03. The van der Waals surface area contributed by atoms with Crippen LogP contribution >= 0.6 is 23.2 Å². The van der Waals surface area contributed by atoms with Crippen LogP contribution < -0.4 is 5.73 Å². The normalized spacial score (nSPS) is 11.9. The average Bonchev–Trinajstić information content (AvgIpc) is 3.11. The van der Waals surface area contributed by atoms with Crippen LogP contribution in [0.3, 0.4) is 0 Å². The summed E-state index contributed by atoms with van der Waals surface area (Å²) in [5, 5.41) is 2.23. The molecule has 5 rings (SSSR count). The maximum atomic E-state index is 13.7. The first-order chi connectivity index (χ1) is 16.6. The molecule has 0 bridgehead atoms. The zero-order valence-electron chi connectivity index (χ0n) is 18.0. The smallest absolute Gasteiger partial charge is 0.366 e. The van der Waals surface area contributed by atoms with Crippen LogP contribution in [0.5, 0.6) is 0 Å². The highest BCUT2D eigenvalue weighted by atomic mass is 35.5. The van der Waals surface area contributed by atoms with Gasteiger partial charge in [-0.25, -0.2) is 0 Å². The molecule has 0 unspecified atom stereocenters. The van der Waals surface area contributed by atoms with Crippen LogP contribution in [0.1, 0.15) is 21.5 Å². The third-order valence-electron chi connectivity index (χ3n) is 6.05. The van der Waals surface area contributed by atoms with Crippen molar-refractivity contribution in [2.24, 2.45) is 5.73 Å². The molecular weight excluding hydrogens is 496 g/mol. The van der Waals surface area contributed by atoms with Crippen molar-refractivity contribution < 1.29 is 18.0 Å². The third-order valence-corrected chi connectivity index (χ3v) is 6.60. The van der Waals surface area contributed by atoms with E-state index in [0.717, 1.165) is 17.2 Å². The van der Waals surface area contributed by atoms with Gasteiger partial charge in [-0.1, -0.05) is 65.7 Å². The highest BCUT2D eigenvalue weighted by Gasteiger charge is 2.33. The van der Waals surface area contributed by atoms with Crippen molar-refractivity contribution in [1.82, 2.24) is 4.57 Å². The van der Waals surface area contributed by atoms with E-state index in [1.54, 1.807) is 47.0 Å². The minimum Gasteiger partial charge on any atom is -0.366 e. The van der Waals surface area contributed by atoms with E-state index < -0.39 is 17.6 Å². The number of aromatic nitrogens is 1. The topological polar surface area (TPSA) is 48.0 Å². The number of benzene rings is 4. The SMILES string of the molecule is NC(=O)c1cccc2c1c1ccc(-c3ccc(Cl)cc3Cl)cc1n2Cc1ccccc1C(F)(F)F. The first-order valence-electron chi connectivity index (χ1n) is 10.6. The number of hydrogen-bond donors (Lipinski definition) is 1. The zero-order valence-corrected chi connectivity index (χ0v) is 19.5. The van der Waals surface area contributed by atoms with Gasteiger partial charge in [-0.15, -0.1) is 0 Å². The summed E-state index contributed by atoms with van der Waals surface area (Å²) in [4.78, 5) is 12.2. The Morgan fingerprint density at radius 1 is 0.886 bits per heavy atom. The number of amides is 1. The highest BCUT2D eigenvalue weighted by molar-refractivity contribution is 6.36. The molecule has 0 saturated carbocycles. The fraction of sp³-hybridized carbons (Fsp3) is 0.0741. The molecule has 5 aromatic rings. The van der Waals surface area contributed by atoms with Crippen LogP contribution in [-0.2, 0) is 12.7 Å². The molecular formula is C27H17Cl2F3N2O. The highest BCUT2D eigenvalue weighted by Crippen LogP contribution is 2.38. The average molecular weight is 513 g/mol. The van der Waals surface area contributed by atoms with Crippen LogP contribution in [0.2, 0.25) is 10.0 Å². The second-order valence-corrected chi connectivity index (χ2v) is 9.00. The number of carbonyl (C=O) groups is 1. The van der Waals surface area contributed by atoms with Crippen molar-refractivity contribution in [3.8, 4) is 11.1 Å². The van der Waals surface area contributed by atoms with Gasteiger partial charge in [0.25, 0.3) is 0 Å². The molecule has 35 heavy (non-hydrogen) atoms. The second-order valence-electron chi connectivity index (χ2n) is 8.16. The number of hydrogen-bond acceptors (Lipinski definition) is 1. The lowest BCUT2D eigenvalue weighted by atomic mass is 10.0. The van der Waals surface area contributed by atoms with Crippen molar-refractivity contribution in [2.75, 3.05) is 0 Å². The van der Waals surface area contributed by atoms with E-state index in [4.69, 9.17) is 28.9 Å². The molecule has 4 aromatic carbocycles. The lowest BCUT2D eigenvalue weighted by Gasteiger charge is -2.15. The van der Waals surface area contributed by atoms with Gasteiger partial charge in [-0.3, -0.25) is 4.79 Å². The molecule has 0 aliphatic rings. The molecule has 0 atom stereocenters. The van der Waals surface area contributed by atoms with Crippen LogP contribution in [0.15, 0.2) is 78.9 Å². The third kappa shape index (κ3) is 4.13. The summed E-state index contributed by atoms with van der Waals surface area (Å²) in [6, 6.07) is 21.2. The van der Waals surface area contributed by atoms with Gasteiger partial charge in [0.2, 0.25) is 5.91 Å². The Morgan fingerprint density at radius 2 is 1.66 bits per heavy atom. The fourth-order valence-electron chi connectivity index (χ4n) is 4.52. The molecule has 0 spiro atoms. The molecule has 1 amide bonds. The summed E-state index contributed by atoms with van der Waals surface area (Å²) in [7, 11) is 0. The molecule has 1 aromatic heterocycles. The number of alkyl halides is 3. The molecule has 0 aliphatic carbocycles. The summed E-state index contributed by atoms with van der Waals surface area (Å²) in [5.74, 6) is -0.616. The number of primary amides is 1. The van der Waals surface area contributed by atoms with Gasteiger partial charge < -0.3 is 10.3 Å². The summed E-state index contributed by atoms with van der Waals surface area (Å²) in [5.41, 5.74) is 8.07. The Kier molecular flexibility index (Phi) is 5.74. The van der Waals surface area contributed by atoms with Crippen molar-refractivity contribution in [2.45, 2.75) is 12.7 Å². The number of carbonyl (C=O) groups excluding carboxylic acids is 1. The van der Waals surface area contributed by atoms with Crippen molar-refractivity contribution in [1.29, 1.82) is 0 Å². The van der Waals surface area contributed by atoms with Gasteiger partial charge >= 0.3 is 6.18 Å². The van der Waals surface area contributed by atoms with E-state index in [1.807, 2.05) is 18.2 Å². The van der Waals surface area contributed by atoms with E-state index in [-0.39, 0.29) is 12.1 Å². The molecule has 0 aliphatic heterocycles. The van der Waals surface area contributed by atoms with Crippen molar-refractivity contribution in [3.05, 3.63) is 106 Å². The van der Waals surface area contributed by atoms with E-state index in [0.29, 0.717) is 37.4 Å². The zero-order chi connectivity index (χ0) is 24.9. The van der Waals surface area contributed by atoms with Crippen LogP contribution in [0.4, 0.5) is 13.2 Å². The van der Waals surface area contributed by atoms with E-state index in [1.165, 1.54) is 12.1 Å². The minimum absolute atomic E-state index is 0.0598. The summed E-state index contributed by atoms with van der Waals surface area (Å²) in [6.07, 6.45) is -4.50. The standard InChI is InChI=1S/C27H17Cl2F3N2O/c28-17-9-11-18(22(29)13-17)15-8-10-19-24(12-15)34(23-7-3-5-20(25(19)23)26(33)35)14-16-4-1-2-6-21(16)27(30,31)32/h1-13H,14H2,(H2,33,35). The molecule has 3 nitrogen and oxygen atoms in total. The Hall–Kier alpha value is -3.48. The monoisotopic (exact) mass is 512 g/mol. The predicted octanol–water partition coefficient (Wildman–Crippen LogP) is 7.93. The Balaban J connectivity index is 1.81. The lowest BCUT2D eigenvalue weighted by Crippen LogP contribution is -2.12. The first kappa shape index (κ1) is 23.3. The van der Waals surface area contributed by atoms with Crippen molar-refractivity contribution >= 4 is 50.9 Å². The molecule has 2 N–H and O–H groups in total. The number of nitrogens with zero attached hydrogens (tertiary/aromatic N) is 1. The Bertz CT molecular complexity index is 1620. The predicted molar refractivity (Wildman–Crippen MR) is 134 cm³/mol. The molecule has 0 saturated heterocycles.